The number of fused-ring (bicyclic) bond motifs is 1. The molecule has 9 nitrogen and oxygen atoms in total. The van der Waals surface area contributed by atoms with Gasteiger partial charge in [0.1, 0.15) is 12.4 Å². The van der Waals surface area contributed by atoms with E-state index in [-0.39, 0.29) is 0 Å². The molecule has 10 heteroatoms. The van der Waals surface area contributed by atoms with Crippen molar-refractivity contribution in [3.05, 3.63) is 52.6 Å². The van der Waals surface area contributed by atoms with E-state index >= 15 is 0 Å². The average molecular weight is 527 g/mol. The van der Waals surface area contributed by atoms with Crippen molar-refractivity contribution >= 4 is 21.5 Å². The lowest BCUT2D eigenvalue weighted by Crippen LogP contribution is -2.49. The Labute approximate surface area is 220 Å². The standard InChI is InChI=1S/C27H38N6O3S/c1-5-37(34,35)33-16-14-31(15-17-33)26-23-11-13-32(25-10-6-8-20(2)21(25)3)18-24(23)28-27(29-26)36-19-22-9-7-12-30(22)4/h5-6,8,10,22H,1,7,9,11-19H2,2-4H3/t22-/m0/s1. The average Bonchev–Trinajstić information content (AvgIpc) is 3.32. The SMILES string of the molecule is C=CS(=O)(=O)N1CCN(c2nc(OC[C@@H]3CCCN3C)nc3c2CCN(c2cccc(C)c2C)C3)CC1. The van der Waals surface area contributed by atoms with Crippen molar-refractivity contribution in [2.45, 2.75) is 45.7 Å². The maximum atomic E-state index is 12.3. The van der Waals surface area contributed by atoms with Crippen LogP contribution in [0.25, 0.3) is 0 Å². The van der Waals surface area contributed by atoms with Crippen LogP contribution in [0.5, 0.6) is 6.01 Å². The molecule has 4 heterocycles. The van der Waals surface area contributed by atoms with Gasteiger partial charge in [-0.1, -0.05) is 18.7 Å². The molecule has 0 N–H and O–H groups in total. The number of likely N-dealkylation sites (tertiary alicyclic amines) is 1. The molecule has 0 aliphatic carbocycles. The minimum absolute atomic E-state index is 0.377. The first-order valence-corrected chi connectivity index (χ1v) is 14.7. The number of benzene rings is 1. The summed E-state index contributed by atoms with van der Waals surface area (Å²) in [5, 5.41) is 1.03. The van der Waals surface area contributed by atoms with Gasteiger partial charge in [0.2, 0.25) is 10.0 Å². The number of ether oxygens (including phenoxy) is 1. The largest absolute Gasteiger partial charge is 0.462 e. The Morgan fingerprint density at radius 1 is 1.08 bits per heavy atom. The fourth-order valence-corrected chi connectivity index (χ4v) is 6.50. The lowest BCUT2D eigenvalue weighted by atomic mass is 10.0. The Bertz CT molecular complexity index is 1260. The van der Waals surface area contributed by atoms with E-state index in [2.05, 4.69) is 60.4 Å². The molecule has 1 aromatic carbocycles. The van der Waals surface area contributed by atoms with E-state index in [1.54, 1.807) is 0 Å². The first-order valence-electron chi connectivity index (χ1n) is 13.2. The van der Waals surface area contributed by atoms with Gasteiger partial charge in [0.25, 0.3) is 0 Å². The number of rotatable bonds is 7. The first kappa shape index (κ1) is 25.9. The third kappa shape index (κ3) is 5.32. The number of piperazine rings is 1. The molecule has 0 radical (unpaired) electrons. The molecule has 1 aromatic heterocycles. The summed E-state index contributed by atoms with van der Waals surface area (Å²) in [5.74, 6) is 0.885. The highest BCUT2D eigenvalue weighted by Gasteiger charge is 2.31. The Kier molecular flexibility index (Phi) is 7.42. The number of hydrogen-bond donors (Lipinski definition) is 0. The predicted molar refractivity (Wildman–Crippen MR) is 147 cm³/mol. The van der Waals surface area contributed by atoms with Crippen LogP contribution in [0.2, 0.25) is 0 Å². The van der Waals surface area contributed by atoms with Gasteiger partial charge in [-0.3, -0.25) is 0 Å². The molecule has 3 aliphatic heterocycles. The van der Waals surface area contributed by atoms with Gasteiger partial charge in [0, 0.05) is 55.4 Å². The van der Waals surface area contributed by atoms with Crippen LogP contribution in [-0.2, 0) is 23.0 Å². The van der Waals surface area contributed by atoms with Gasteiger partial charge in [-0.2, -0.15) is 14.3 Å². The number of sulfonamides is 1. The minimum atomic E-state index is -3.42. The molecule has 0 amide bonds. The van der Waals surface area contributed by atoms with Gasteiger partial charge in [0.15, 0.2) is 0 Å². The van der Waals surface area contributed by atoms with E-state index in [0.29, 0.717) is 51.4 Å². The third-order valence-electron chi connectivity index (χ3n) is 8.12. The maximum Gasteiger partial charge on any atom is 0.318 e. The predicted octanol–water partition coefficient (Wildman–Crippen LogP) is 2.72. The summed E-state index contributed by atoms with van der Waals surface area (Å²) in [6, 6.07) is 7.24. The van der Waals surface area contributed by atoms with Crippen LogP contribution >= 0.6 is 0 Å². The zero-order chi connectivity index (χ0) is 26.2. The van der Waals surface area contributed by atoms with Gasteiger partial charge < -0.3 is 19.4 Å². The van der Waals surface area contributed by atoms with Gasteiger partial charge in [0.05, 0.1) is 12.2 Å². The quantitative estimate of drug-likeness (QED) is 0.545. The molecule has 2 aromatic rings. The maximum absolute atomic E-state index is 12.3. The van der Waals surface area contributed by atoms with Crippen LogP contribution in [0, 0.1) is 13.8 Å². The van der Waals surface area contributed by atoms with Gasteiger partial charge in [-0.05, 0) is 63.9 Å². The summed E-state index contributed by atoms with van der Waals surface area (Å²) in [4.78, 5) is 16.7. The van der Waals surface area contributed by atoms with Crippen LogP contribution in [-0.4, -0.2) is 86.6 Å². The highest BCUT2D eigenvalue weighted by Crippen LogP contribution is 2.33. The topological polar surface area (TPSA) is 82.1 Å². The number of hydrogen-bond acceptors (Lipinski definition) is 8. The summed E-state index contributed by atoms with van der Waals surface area (Å²) < 4.78 is 32.2. The van der Waals surface area contributed by atoms with Crippen molar-refractivity contribution in [2.24, 2.45) is 0 Å². The molecule has 0 saturated carbocycles. The Balaban J connectivity index is 1.42. The lowest BCUT2D eigenvalue weighted by molar-refractivity contribution is 0.187. The highest BCUT2D eigenvalue weighted by atomic mass is 32.2. The molecule has 2 saturated heterocycles. The van der Waals surface area contributed by atoms with E-state index in [1.807, 2.05) is 0 Å². The molecule has 37 heavy (non-hydrogen) atoms. The van der Waals surface area contributed by atoms with Crippen LogP contribution < -0.4 is 14.5 Å². The zero-order valence-corrected chi connectivity index (χ0v) is 23.0. The third-order valence-corrected chi connectivity index (χ3v) is 9.63. The molecule has 3 aliphatic rings. The number of nitrogens with zero attached hydrogens (tertiary/aromatic N) is 6. The Hall–Kier alpha value is -2.69. The van der Waals surface area contributed by atoms with Crippen molar-refractivity contribution < 1.29 is 13.2 Å². The number of aromatic nitrogens is 2. The van der Waals surface area contributed by atoms with E-state index in [9.17, 15) is 8.42 Å². The molecule has 0 spiro atoms. The fourth-order valence-electron chi connectivity index (χ4n) is 5.62. The Morgan fingerprint density at radius 2 is 1.86 bits per heavy atom. The molecule has 0 unspecified atom stereocenters. The molecular weight excluding hydrogens is 488 g/mol. The minimum Gasteiger partial charge on any atom is -0.462 e. The van der Waals surface area contributed by atoms with Gasteiger partial charge in [-0.25, -0.2) is 8.42 Å². The second-order valence-electron chi connectivity index (χ2n) is 10.3. The molecule has 0 bridgehead atoms. The lowest BCUT2D eigenvalue weighted by Gasteiger charge is -2.37. The van der Waals surface area contributed by atoms with Crippen molar-refractivity contribution in [3.8, 4) is 6.01 Å². The fraction of sp³-hybridized carbons (Fsp3) is 0.556. The monoisotopic (exact) mass is 526 g/mol. The summed E-state index contributed by atoms with van der Waals surface area (Å²) in [6.07, 6.45) is 3.13. The van der Waals surface area contributed by atoms with Crippen LogP contribution in [0.15, 0.2) is 30.2 Å². The zero-order valence-electron chi connectivity index (χ0n) is 22.2. The van der Waals surface area contributed by atoms with Crippen molar-refractivity contribution in [1.82, 2.24) is 19.2 Å². The van der Waals surface area contributed by atoms with Crippen LogP contribution in [0.1, 0.15) is 35.2 Å². The summed E-state index contributed by atoms with van der Waals surface area (Å²) >= 11 is 0. The van der Waals surface area contributed by atoms with Crippen molar-refractivity contribution in [2.75, 3.05) is 62.7 Å². The number of anilines is 2. The summed E-state index contributed by atoms with van der Waals surface area (Å²) in [7, 11) is -1.28. The molecule has 1 atom stereocenters. The first-order chi connectivity index (χ1) is 17.8. The van der Waals surface area contributed by atoms with Crippen molar-refractivity contribution in [3.63, 3.8) is 0 Å². The normalized spacial score (nSPS) is 21.2. The number of aryl methyl sites for hydroxylation is 1. The second-order valence-corrected chi connectivity index (χ2v) is 12.2. The van der Waals surface area contributed by atoms with Crippen LogP contribution in [0.3, 0.4) is 0 Å². The summed E-state index contributed by atoms with van der Waals surface area (Å²) in [6.45, 7) is 13.0. The second kappa shape index (κ2) is 10.6. The van der Waals surface area contributed by atoms with E-state index in [4.69, 9.17) is 14.7 Å². The van der Waals surface area contributed by atoms with Crippen molar-refractivity contribution in [1.29, 1.82) is 0 Å². The Morgan fingerprint density at radius 3 is 2.57 bits per heavy atom. The molecule has 2 fully saturated rings. The van der Waals surface area contributed by atoms with Gasteiger partial charge >= 0.3 is 6.01 Å². The van der Waals surface area contributed by atoms with E-state index < -0.39 is 10.0 Å². The number of likely N-dealkylation sites (N-methyl/N-ethyl adjacent to an activating group) is 1. The molecular formula is C27H38N6O3S. The van der Waals surface area contributed by atoms with Crippen LogP contribution in [0.4, 0.5) is 11.5 Å². The molecule has 5 rings (SSSR count). The van der Waals surface area contributed by atoms with Gasteiger partial charge in [-0.15, -0.1) is 0 Å². The van der Waals surface area contributed by atoms with E-state index in [0.717, 1.165) is 48.4 Å². The highest BCUT2D eigenvalue weighted by molar-refractivity contribution is 7.92. The molecule has 200 valence electrons. The summed E-state index contributed by atoms with van der Waals surface area (Å²) in [5.41, 5.74) is 5.95. The van der Waals surface area contributed by atoms with E-state index in [1.165, 1.54) is 27.5 Å². The smallest absolute Gasteiger partial charge is 0.318 e.